The first kappa shape index (κ1) is 32.4. The molecule has 0 spiro atoms. The van der Waals surface area contributed by atoms with E-state index in [1.807, 2.05) is 37.0 Å². The molecule has 3 rings (SSSR count). The van der Waals surface area contributed by atoms with Crippen molar-refractivity contribution in [3.05, 3.63) is 56.0 Å². The number of carbonyl (C=O) groups is 2. The lowest BCUT2D eigenvalue weighted by molar-refractivity contribution is -0.134. The molecule has 1 atom stereocenters. The van der Waals surface area contributed by atoms with Crippen molar-refractivity contribution in [2.45, 2.75) is 65.2 Å². The fourth-order valence-electron chi connectivity index (χ4n) is 5.35. The monoisotopic (exact) mass is 626 g/mol. The van der Waals surface area contributed by atoms with E-state index < -0.39 is 0 Å². The summed E-state index contributed by atoms with van der Waals surface area (Å²) in [6, 6.07) is 3.60. The molecule has 0 radical (unpaired) electrons. The fourth-order valence-corrected chi connectivity index (χ4v) is 6.56. The molecule has 3 N–H and O–H groups in total. The van der Waals surface area contributed by atoms with Crippen LogP contribution in [0.2, 0.25) is 5.02 Å². The summed E-state index contributed by atoms with van der Waals surface area (Å²) in [5, 5.41) is 8.40. The van der Waals surface area contributed by atoms with E-state index in [4.69, 9.17) is 34.3 Å². The van der Waals surface area contributed by atoms with E-state index in [-0.39, 0.29) is 17.9 Å². The van der Waals surface area contributed by atoms with Gasteiger partial charge in [-0.05, 0) is 73.3 Å². The molecule has 2 heterocycles. The van der Waals surface area contributed by atoms with Crippen LogP contribution in [0, 0.1) is 17.2 Å². The Balaban J connectivity index is 0.00000247. The third-order valence-corrected chi connectivity index (χ3v) is 8.51. The minimum absolute atomic E-state index is 0.133. The van der Waals surface area contributed by atoms with Crippen molar-refractivity contribution in [2.75, 3.05) is 26.2 Å². The smallest absolute Gasteiger partial charge is 0.314 e. The van der Waals surface area contributed by atoms with E-state index in [0.29, 0.717) is 41.4 Å². The van der Waals surface area contributed by atoms with E-state index >= 15 is 0 Å². The molecule has 38 heavy (non-hydrogen) atoms. The number of nitrogens with two attached hydrogens (primary N) is 1. The summed E-state index contributed by atoms with van der Waals surface area (Å²) in [5.41, 5.74) is 7.80. The molecular formula is C29H41BrCl2N4O2. The van der Waals surface area contributed by atoms with Crippen molar-refractivity contribution >= 4 is 57.3 Å². The number of nitrogens with one attached hydrogen (secondary N) is 1. The van der Waals surface area contributed by atoms with Crippen LogP contribution in [-0.2, 0) is 11.2 Å². The largest absolute Gasteiger partial charge is 0.351 e. The average Bonchev–Trinajstić information content (AvgIpc) is 2.92. The van der Waals surface area contributed by atoms with Gasteiger partial charge in [-0.2, -0.15) is 0 Å². The molecule has 1 aromatic rings. The highest BCUT2D eigenvalue weighted by atomic mass is 79.9. The number of halogens is 3. The molecule has 2 fully saturated rings. The van der Waals surface area contributed by atoms with Crippen LogP contribution in [0.4, 0.5) is 4.79 Å². The highest BCUT2D eigenvalue weighted by Crippen LogP contribution is 2.41. The molecule has 2 aliphatic rings. The van der Waals surface area contributed by atoms with E-state index in [2.05, 4.69) is 28.9 Å². The number of aryl methyl sites for hydroxylation is 1. The molecule has 0 bridgehead atoms. The summed E-state index contributed by atoms with van der Waals surface area (Å²) < 4.78 is 0.990. The minimum Gasteiger partial charge on any atom is -0.351 e. The first-order valence-corrected chi connectivity index (χ1v) is 15.1. The number of primary amides is 1. The highest BCUT2D eigenvalue weighted by Gasteiger charge is 2.32. The minimum atomic E-state index is -0.375. The number of rotatable bonds is 8. The zero-order chi connectivity index (χ0) is 28.2. The molecule has 9 heteroatoms. The van der Waals surface area contributed by atoms with Crippen LogP contribution in [0.5, 0.6) is 0 Å². The number of amides is 3. The zero-order valence-corrected chi connectivity index (χ0v) is 25.8. The lowest BCUT2D eigenvalue weighted by Crippen LogP contribution is -2.44. The van der Waals surface area contributed by atoms with Crippen LogP contribution in [0.15, 0.2) is 39.9 Å². The fraction of sp³-hybridized carbons (Fsp3) is 0.552. The molecule has 1 unspecified atom stereocenters. The van der Waals surface area contributed by atoms with Gasteiger partial charge in [0.2, 0.25) is 5.91 Å². The molecular weight excluding hydrogens is 587 g/mol. The number of nitrogens with zero attached hydrogens (tertiary/aromatic N) is 2. The van der Waals surface area contributed by atoms with Crippen LogP contribution >= 0.6 is 39.1 Å². The lowest BCUT2D eigenvalue weighted by atomic mass is 9.77. The van der Waals surface area contributed by atoms with Gasteiger partial charge in [0.1, 0.15) is 0 Å². The van der Waals surface area contributed by atoms with Gasteiger partial charge >= 0.3 is 6.03 Å². The Hall–Kier alpha value is -1.83. The van der Waals surface area contributed by atoms with Crippen LogP contribution in [-0.4, -0.2) is 54.1 Å². The highest BCUT2D eigenvalue weighted by molar-refractivity contribution is 9.10. The summed E-state index contributed by atoms with van der Waals surface area (Å²) >= 11 is 16.1. The SMILES string of the molecule is CC.CCc1cc(Cl)cc(Br)c1C(/C=C/C=C(/Cl)C=N)C1CCN(C(=O)CC2CCN(C(N)=O)CC2)CC1. The van der Waals surface area contributed by atoms with Crippen LogP contribution in [0.1, 0.15) is 69.9 Å². The van der Waals surface area contributed by atoms with E-state index in [9.17, 15) is 9.59 Å². The number of likely N-dealkylation sites (tertiary alicyclic amines) is 2. The Morgan fingerprint density at radius 2 is 1.74 bits per heavy atom. The predicted octanol–water partition coefficient (Wildman–Crippen LogP) is 7.52. The molecule has 3 amide bonds. The third kappa shape index (κ3) is 9.13. The molecule has 0 aliphatic carbocycles. The summed E-state index contributed by atoms with van der Waals surface area (Å²) in [5.74, 6) is 1.01. The Labute approximate surface area is 246 Å². The molecule has 6 nitrogen and oxygen atoms in total. The Bertz CT molecular complexity index is 1010. The van der Waals surface area contributed by atoms with Crippen LogP contribution in [0.25, 0.3) is 0 Å². The first-order valence-electron chi connectivity index (χ1n) is 13.6. The topological polar surface area (TPSA) is 90.5 Å². The predicted molar refractivity (Wildman–Crippen MR) is 162 cm³/mol. The molecule has 1 aromatic carbocycles. The zero-order valence-electron chi connectivity index (χ0n) is 22.7. The maximum absolute atomic E-state index is 13.0. The Morgan fingerprint density at radius 3 is 2.29 bits per heavy atom. The van der Waals surface area contributed by atoms with Crippen molar-refractivity contribution in [2.24, 2.45) is 17.6 Å². The van der Waals surface area contributed by atoms with Gasteiger partial charge in [0.15, 0.2) is 0 Å². The van der Waals surface area contributed by atoms with Crippen molar-refractivity contribution in [1.82, 2.24) is 9.80 Å². The number of allylic oxidation sites excluding steroid dienone is 4. The van der Waals surface area contributed by atoms with Crippen LogP contribution in [0.3, 0.4) is 0 Å². The second kappa shape index (κ2) is 16.3. The van der Waals surface area contributed by atoms with Gasteiger partial charge in [0.25, 0.3) is 0 Å². The van der Waals surface area contributed by atoms with Gasteiger partial charge in [-0.15, -0.1) is 0 Å². The summed E-state index contributed by atoms with van der Waals surface area (Å²) in [4.78, 5) is 28.0. The summed E-state index contributed by atoms with van der Waals surface area (Å²) in [7, 11) is 0. The van der Waals surface area contributed by atoms with Crippen molar-refractivity contribution in [1.29, 1.82) is 5.41 Å². The van der Waals surface area contributed by atoms with Gasteiger partial charge in [-0.3, -0.25) is 4.79 Å². The quantitative estimate of drug-likeness (QED) is 0.230. The van der Waals surface area contributed by atoms with Gasteiger partial charge in [-0.25, -0.2) is 4.79 Å². The van der Waals surface area contributed by atoms with Gasteiger partial charge < -0.3 is 20.9 Å². The summed E-state index contributed by atoms with van der Waals surface area (Å²) in [6.07, 6.45) is 11.8. The second-order valence-corrected chi connectivity index (χ2v) is 11.3. The molecule has 2 saturated heterocycles. The average molecular weight is 628 g/mol. The second-order valence-electron chi connectivity index (χ2n) is 9.61. The Morgan fingerprint density at radius 1 is 1.13 bits per heavy atom. The van der Waals surface area contributed by atoms with E-state index in [0.717, 1.165) is 55.9 Å². The van der Waals surface area contributed by atoms with Crippen molar-refractivity contribution in [3.63, 3.8) is 0 Å². The number of benzene rings is 1. The van der Waals surface area contributed by atoms with Gasteiger partial charge in [0.05, 0.1) is 5.03 Å². The summed E-state index contributed by atoms with van der Waals surface area (Å²) in [6.45, 7) is 8.87. The molecule has 0 aromatic heterocycles. The maximum Gasteiger partial charge on any atom is 0.314 e. The van der Waals surface area contributed by atoms with Crippen molar-refractivity contribution < 1.29 is 9.59 Å². The van der Waals surface area contributed by atoms with E-state index in [1.165, 1.54) is 11.1 Å². The normalized spacial score (nSPS) is 18.2. The number of urea groups is 1. The third-order valence-electron chi connectivity index (χ3n) is 7.40. The van der Waals surface area contributed by atoms with Crippen molar-refractivity contribution in [3.8, 4) is 0 Å². The number of piperidine rings is 2. The van der Waals surface area contributed by atoms with Gasteiger partial charge in [0, 0.05) is 54.2 Å². The molecule has 2 aliphatic heterocycles. The number of hydrogen-bond acceptors (Lipinski definition) is 3. The first-order chi connectivity index (χ1) is 18.2. The number of hydrogen-bond donors (Lipinski definition) is 2. The lowest BCUT2D eigenvalue weighted by Gasteiger charge is -2.37. The molecule has 0 saturated carbocycles. The number of carbonyl (C=O) groups excluding carboxylic acids is 2. The Kier molecular flexibility index (Phi) is 13.9. The van der Waals surface area contributed by atoms with Gasteiger partial charge in [-0.1, -0.05) is 72.1 Å². The van der Waals surface area contributed by atoms with E-state index in [1.54, 1.807) is 11.0 Å². The maximum atomic E-state index is 13.0. The van der Waals surface area contributed by atoms with Crippen LogP contribution < -0.4 is 5.73 Å². The molecule has 210 valence electrons. The standard InChI is InChI=1S/C27H35BrCl2N4O2.C2H6/c1-2-19-15-22(30)16-24(28)26(19)23(5-3-4-21(29)17-31)20-8-12-33(13-9-20)25(35)14-18-6-10-34(11-7-18)27(32)36;1-2/h3-5,15-18,20,23,31H,2,6-14H2,1H3,(H2,32,36);1-2H3/b5-3+,21-4+,31-17?;.